The van der Waals surface area contributed by atoms with Crippen LogP contribution in [0, 0.1) is 23.7 Å². The maximum Gasteiger partial charge on any atom is 0.140 e. The summed E-state index contributed by atoms with van der Waals surface area (Å²) >= 11 is 0. The largest absolute Gasteiger partial charge is 0.299 e. The Labute approximate surface area is 66.5 Å². The van der Waals surface area contributed by atoms with Gasteiger partial charge in [0, 0.05) is 12.3 Å². The summed E-state index contributed by atoms with van der Waals surface area (Å²) < 4.78 is 0. The van der Waals surface area contributed by atoms with Crippen molar-refractivity contribution < 1.29 is 4.79 Å². The summed E-state index contributed by atoms with van der Waals surface area (Å²) in [5.41, 5.74) is 0. The zero-order valence-electron chi connectivity index (χ0n) is 6.49. The van der Waals surface area contributed by atoms with E-state index in [2.05, 4.69) is 12.2 Å². The fourth-order valence-electron chi connectivity index (χ4n) is 2.84. The van der Waals surface area contributed by atoms with Crippen LogP contribution in [-0.2, 0) is 4.79 Å². The number of hydrogen-bond acceptors (Lipinski definition) is 1. The summed E-state index contributed by atoms with van der Waals surface area (Å²) in [7, 11) is 0. The lowest BCUT2D eigenvalue weighted by atomic mass is 9.86. The van der Waals surface area contributed by atoms with Crippen LogP contribution in [0.2, 0.25) is 0 Å². The van der Waals surface area contributed by atoms with Crippen molar-refractivity contribution in [2.24, 2.45) is 23.7 Å². The average Bonchev–Trinajstić information content (AvgIpc) is 2.71. The van der Waals surface area contributed by atoms with Crippen LogP contribution in [0.1, 0.15) is 19.3 Å². The Hall–Kier alpha value is -0.590. The summed E-state index contributed by atoms with van der Waals surface area (Å²) in [5.74, 6) is 3.34. The molecule has 1 heteroatoms. The van der Waals surface area contributed by atoms with Gasteiger partial charge in [-0.1, -0.05) is 12.2 Å². The van der Waals surface area contributed by atoms with Gasteiger partial charge >= 0.3 is 0 Å². The standard InChI is InChI=1S/C10H12O/c11-10-4-3-7-8(10)2-1-6-5-9(6)7/h1-2,6-9H,3-5H2/t6-,7?,8?,9+/m1/s1. The van der Waals surface area contributed by atoms with Gasteiger partial charge in [-0.3, -0.25) is 4.79 Å². The van der Waals surface area contributed by atoms with E-state index in [1.54, 1.807) is 0 Å². The molecular weight excluding hydrogens is 136 g/mol. The van der Waals surface area contributed by atoms with Gasteiger partial charge in [0.15, 0.2) is 0 Å². The van der Waals surface area contributed by atoms with Gasteiger partial charge < -0.3 is 0 Å². The number of Topliss-reactive ketones (excluding diaryl/α,β-unsaturated/α-hetero) is 1. The third-order valence-electron chi connectivity index (χ3n) is 3.56. The normalized spacial score (nSPS) is 52.2. The first kappa shape index (κ1) is 5.99. The molecule has 0 heterocycles. The maximum absolute atomic E-state index is 11.3. The summed E-state index contributed by atoms with van der Waals surface area (Å²) in [4.78, 5) is 11.3. The Morgan fingerprint density at radius 3 is 3.09 bits per heavy atom. The van der Waals surface area contributed by atoms with Crippen LogP contribution >= 0.6 is 0 Å². The van der Waals surface area contributed by atoms with E-state index in [1.165, 1.54) is 12.8 Å². The SMILES string of the molecule is O=C1CCC2C1C=C[C@@H]1C[C@H]21. The molecule has 11 heavy (non-hydrogen) atoms. The Kier molecular flexibility index (Phi) is 0.961. The predicted molar refractivity (Wildman–Crippen MR) is 42.0 cm³/mol. The van der Waals surface area contributed by atoms with Gasteiger partial charge in [0.2, 0.25) is 0 Å². The minimum Gasteiger partial charge on any atom is -0.299 e. The fraction of sp³-hybridized carbons (Fsp3) is 0.700. The highest BCUT2D eigenvalue weighted by atomic mass is 16.1. The van der Waals surface area contributed by atoms with Crippen molar-refractivity contribution in [2.75, 3.05) is 0 Å². The Balaban J connectivity index is 1.97. The van der Waals surface area contributed by atoms with Gasteiger partial charge in [0.25, 0.3) is 0 Å². The van der Waals surface area contributed by atoms with Crippen LogP contribution in [0.5, 0.6) is 0 Å². The molecule has 1 nitrogen and oxygen atoms in total. The zero-order chi connectivity index (χ0) is 7.42. The number of allylic oxidation sites excluding steroid dienone is 2. The van der Waals surface area contributed by atoms with Gasteiger partial charge in [-0.15, -0.1) is 0 Å². The molecule has 58 valence electrons. The molecular formula is C10H12O. The predicted octanol–water partition coefficient (Wildman–Crippen LogP) is 1.79. The minimum atomic E-state index is 0.332. The van der Waals surface area contributed by atoms with Gasteiger partial charge in [-0.2, -0.15) is 0 Å². The topological polar surface area (TPSA) is 17.1 Å². The minimum absolute atomic E-state index is 0.332. The molecule has 4 atom stereocenters. The summed E-state index contributed by atoms with van der Waals surface area (Å²) in [6.45, 7) is 0. The molecule has 0 aromatic rings. The number of rotatable bonds is 0. The zero-order valence-corrected chi connectivity index (χ0v) is 6.49. The van der Waals surface area contributed by atoms with E-state index in [-0.39, 0.29) is 0 Å². The first-order chi connectivity index (χ1) is 5.36. The number of fused-ring (bicyclic) bond motifs is 3. The molecule has 3 aliphatic rings. The van der Waals surface area contributed by atoms with E-state index in [0.29, 0.717) is 11.7 Å². The lowest BCUT2D eigenvalue weighted by Gasteiger charge is -2.17. The van der Waals surface area contributed by atoms with Gasteiger partial charge in [-0.25, -0.2) is 0 Å². The molecule has 0 bridgehead atoms. The molecule has 2 unspecified atom stereocenters. The highest BCUT2D eigenvalue weighted by molar-refractivity contribution is 5.85. The average molecular weight is 148 g/mol. The van der Waals surface area contributed by atoms with E-state index < -0.39 is 0 Å². The van der Waals surface area contributed by atoms with Crippen molar-refractivity contribution in [1.82, 2.24) is 0 Å². The van der Waals surface area contributed by atoms with Gasteiger partial charge in [0.1, 0.15) is 5.78 Å². The van der Waals surface area contributed by atoms with Crippen molar-refractivity contribution in [1.29, 1.82) is 0 Å². The molecule has 0 saturated heterocycles. The highest BCUT2D eigenvalue weighted by Gasteiger charge is 2.50. The quantitative estimate of drug-likeness (QED) is 0.479. The van der Waals surface area contributed by atoms with Crippen molar-refractivity contribution in [2.45, 2.75) is 19.3 Å². The van der Waals surface area contributed by atoms with Crippen molar-refractivity contribution >= 4 is 5.78 Å². The molecule has 0 aliphatic heterocycles. The molecule has 0 amide bonds. The third kappa shape index (κ3) is 0.688. The number of carbonyl (C=O) groups excluding carboxylic acids is 1. The summed E-state index contributed by atoms with van der Waals surface area (Å²) in [5, 5.41) is 0. The Bertz CT molecular complexity index is 241. The first-order valence-corrected chi connectivity index (χ1v) is 4.57. The Morgan fingerprint density at radius 2 is 2.18 bits per heavy atom. The maximum atomic E-state index is 11.3. The van der Waals surface area contributed by atoms with E-state index in [1.807, 2.05) is 0 Å². The molecule has 0 spiro atoms. The van der Waals surface area contributed by atoms with E-state index in [9.17, 15) is 4.79 Å². The monoisotopic (exact) mass is 148 g/mol. The molecule has 0 radical (unpaired) electrons. The van der Waals surface area contributed by atoms with Crippen LogP contribution in [0.3, 0.4) is 0 Å². The van der Waals surface area contributed by atoms with Crippen molar-refractivity contribution in [3.05, 3.63) is 12.2 Å². The summed E-state index contributed by atoms with van der Waals surface area (Å²) in [6.07, 6.45) is 7.84. The molecule has 0 N–H and O–H groups in total. The lowest BCUT2D eigenvalue weighted by Crippen LogP contribution is -2.17. The third-order valence-corrected chi connectivity index (χ3v) is 3.56. The van der Waals surface area contributed by atoms with Crippen LogP contribution in [0.15, 0.2) is 12.2 Å². The van der Waals surface area contributed by atoms with E-state index in [0.717, 1.165) is 24.2 Å². The molecule has 0 aromatic heterocycles. The van der Waals surface area contributed by atoms with E-state index >= 15 is 0 Å². The van der Waals surface area contributed by atoms with Gasteiger partial charge in [-0.05, 0) is 30.6 Å². The highest BCUT2D eigenvalue weighted by Crippen LogP contribution is 2.55. The second-order valence-corrected chi connectivity index (χ2v) is 4.14. The second kappa shape index (κ2) is 1.77. The van der Waals surface area contributed by atoms with Crippen molar-refractivity contribution in [3.63, 3.8) is 0 Å². The van der Waals surface area contributed by atoms with Crippen molar-refractivity contribution in [3.8, 4) is 0 Å². The molecule has 2 fully saturated rings. The molecule has 0 aromatic carbocycles. The number of hydrogen-bond donors (Lipinski definition) is 0. The molecule has 2 saturated carbocycles. The Morgan fingerprint density at radius 1 is 1.27 bits per heavy atom. The van der Waals surface area contributed by atoms with E-state index in [4.69, 9.17) is 0 Å². The van der Waals surface area contributed by atoms with Crippen LogP contribution in [0.4, 0.5) is 0 Å². The molecule has 3 rings (SSSR count). The van der Waals surface area contributed by atoms with Crippen LogP contribution in [-0.4, -0.2) is 5.78 Å². The smallest absolute Gasteiger partial charge is 0.140 e. The second-order valence-electron chi connectivity index (χ2n) is 4.14. The molecule has 3 aliphatic carbocycles. The number of carbonyl (C=O) groups is 1. The number of ketones is 1. The fourth-order valence-corrected chi connectivity index (χ4v) is 2.84. The van der Waals surface area contributed by atoms with Crippen LogP contribution in [0.25, 0.3) is 0 Å². The van der Waals surface area contributed by atoms with Crippen LogP contribution < -0.4 is 0 Å². The lowest BCUT2D eigenvalue weighted by molar-refractivity contribution is -0.120. The first-order valence-electron chi connectivity index (χ1n) is 4.57. The summed E-state index contributed by atoms with van der Waals surface area (Å²) in [6, 6.07) is 0. The van der Waals surface area contributed by atoms with Gasteiger partial charge in [0.05, 0.1) is 0 Å².